The molecule has 0 aliphatic carbocycles. The quantitative estimate of drug-likeness (QED) is 0.148. The molecule has 26 heteroatoms. The molecule has 0 spiro atoms. The van der Waals surface area contributed by atoms with Gasteiger partial charge in [-0.15, -0.1) is 0 Å². The Bertz CT molecular complexity index is 647. The molecule has 0 fully saturated rings. The van der Waals surface area contributed by atoms with Crippen LogP contribution in [-0.4, -0.2) is 70.6 Å². The largest absolute Gasteiger partial charge is 3.00 e. The summed E-state index contributed by atoms with van der Waals surface area (Å²) in [5.41, 5.74) is 0. The number of rotatable bonds is 15. The van der Waals surface area contributed by atoms with Crippen LogP contribution in [0.2, 0.25) is 0 Å². The van der Waals surface area contributed by atoms with Gasteiger partial charge in [0.2, 0.25) is 0 Å². The Balaban J connectivity index is -0.0000000358. The first-order valence-corrected chi connectivity index (χ1v) is 10.1. The van der Waals surface area contributed by atoms with Gasteiger partial charge in [0.1, 0.15) is 0 Å². The van der Waals surface area contributed by atoms with Crippen LogP contribution >= 0.6 is 0 Å². The molecule has 22 nitrogen and oxygen atoms in total. The molecule has 0 aliphatic heterocycles. The van der Waals surface area contributed by atoms with E-state index in [1.807, 2.05) is 0 Å². The van der Waals surface area contributed by atoms with Crippen molar-refractivity contribution < 1.29 is 213 Å². The Kier molecular flexibility index (Phi) is 85.5. The third-order valence-electron chi connectivity index (χ3n) is 2.67. The maximum atomic E-state index is 9.50. The van der Waals surface area contributed by atoms with Gasteiger partial charge < -0.3 is 110 Å². The molecule has 0 unspecified atom stereocenters. The monoisotopic (exact) mass is 796 g/mol. The molecule has 252 valence electrons. The van der Waals surface area contributed by atoms with Gasteiger partial charge in [0, 0.05) is 111 Å². The molecular formula is C20H24O22Sc4-4. The van der Waals surface area contributed by atoms with Gasteiger partial charge in [0.05, 0.1) is 0 Å². The minimum absolute atomic E-state index is 0. The second-order valence-corrected chi connectivity index (χ2v) is 6.22. The zero-order valence-electron chi connectivity index (χ0n) is 23.5. The van der Waals surface area contributed by atoms with Gasteiger partial charge in [-0.05, 0) is 64.2 Å². The van der Waals surface area contributed by atoms with Gasteiger partial charge in [-0.25, -0.2) is 0 Å². The van der Waals surface area contributed by atoms with Crippen LogP contribution in [-0.2, 0) is 151 Å². The molecule has 0 atom stereocenters. The fraction of sp³-hybridized carbons (Fsp3) is 0.500. The van der Waals surface area contributed by atoms with Crippen LogP contribution in [0, 0.1) is 0 Å². The Morgan fingerprint density at radius 1 is 0.239 bits per heavy atom. The molecule has 4 N–H and O–H groups in total. The SMILES string of the molecule is O.O.O=C([O-])CCC(=O)[O-].O=C([O-])CCC(=O)[O-].O=C([O-])CCC(=O)[O-].O=C([O-])CCC(=O)[O-].O=C([O-])CCC(=O)[O-].[Sc+3].[Sc+3].[Sc].[Sc]. The molecule has 0 rings (SSSR count). The zero-order valence-corrected chi connectivity index (χ0v) is 30.8. The summed E-state index contributed by atoms with van der Waals surface area (Å²) in [5, 5.41) is 95.0. The van der Waals surface area contributed by atoms with Crippen molar-refractivity contribution in [1.82, 2.24) is 0 Å². The van der Waals surface area contributed by atoms with Crippen LogP contribution in [0.3, 0.4) is 0 Å². The fourth-order valence-electron chi connectivity index (χ4n) is 1.02. The summed E-state index contributed by atoms with van der Waals surface area (Å²) in [7, 11) is 0. The van der Waals surface area contributed by atoms with Crippen molar-refractivity contribution in [2.75, 3.05) is 0 Å². The Hall–Kier alpha value is -1.90. The van der Waals surface area contributed by atoms with Crippen molar-refractivity contribution in [3.05, 3.63) is 0 Å². The molecule has 0 aromatic heterocycles. The number of hydrogen-bond acceptors (Lipinski definition) is 20. The van der Waals surface area contributed by atoms with Crippen molar-refractivity contribution in [3.8, 4) is 0 Å². The first-order valence-electron chi connectivity index (χ1n) is 10.1. The van der Waals surface area contributed by atoms with E-state index in [1.165, 1.54) is 0 Å². The van der Waals surface area contributed by atoms with E-state index >= 15 is 0 Å². The molecule has 2 radical (unpaired) electrons. The summed E-state index contributed by atoms with van der Waals surface area (Å²) in [6.07, 6.45) is -4.70. The van der Waals surface area contributed by atoms with E-state index in [-0.39, 0.29) is 114 Å². The minimum Gasteiger partial charge on any atom is -0.550 e. The average Bonchev–Trinajstić information content (AvgIpc) is 2.79. The average molecular weight is 796 g/mol. The molecule has 0 saturated carbocycles. The summed E-state index contributed by atoms with van der Waals surface area (Å²) < 4.78 is 0. The molecule has 0 saturated heterocycles. The van der Waals surface area contributed by atoms with Crippen LogP contribution < -0.4 is 51.1 Å². The molecule has 0 heterocycles. The second kappa shape index (κ2) is 52.6. The van der Waals surface area contributed by atoms with E-state index in [0.717, 1.165) is 0 Å². The summed E-state index contributed by atoms with van der Waals surface area (Å²) in [5.74, 6) is -13.7. The summed E-state index contributed by atoms with van der Waals surface area (Å²) >= 11 is 0. The predicted molar refractivity (Wildman–Crippen MR) is 103 cm³/mol. The van der Waals surface area contributed by atoms with Crippen LogP contribution in [0.4, 0.5) is 0 Å². The first-order chi connectivity index (χ1) is 18.1. The topological polar surface area (TPSA) is 464 Å². The van der Waals surface area contributed by atoms with Gasteiger partial charge in [0.15, 0.2) is 0 Å². The Morgan fingerprint density at radius 3 is 0.304 bits per heavy atom. The van der Waals surface area contributed by atoms with Crippen molar-refractivity contribution in [1.29, 1.82) is 0 Å². The van der Waals surface area contributed by atoms with Gasteiger partial charge in [-0.1, -0.05) is 0 Å². The molecule has 0 amide bonds. The standard InChI is InChI=1S/5C4H6O4.2H2O.4Sc/c5*5-3(6)1-2-4(7)8;;;;;;/h5*1-2H2,(H,5,6)(H,7,8);2*1H2;;;;/q;;;;;;;;;2*+3/p-10. The van der Waals surface area contributed by atoms with Crippen molar-refractivity contribution in [3.63, 3.8) is 0 Å². The number of carbonyl (C=O) groups is 10. The molecule has 0 bridgehead atoms. The maximum absolute atomic E-state index is 9.50. The van der Waals surface area contributed by atoms with Crippen LogP contribution in [0.1, 0.15) is 64.2 Å². The van der Waals surface area contributed by atoms with Gasteiger partial charge in [-0.3, -0.25) is 0 Å². The number of carboxylic acid groups (broad SMARTS) is 10. The zero-order chi connectivity index (χ0) is 32.8. The second-order valence-electron chi connectivity index (χ2n) is 6.22. The molecule has 0 aliphatic rings. The number of carboxylic acids is 10. The predicted octanol–water partition coefficient (Wildman–Crippen LogP) is -15.3. The third-order valence-corrected chi connectivity index (χ3v) is 2.67. The summed E-state index contributed by atoms with van der Waals surface area (Å²) in [6.45, 7) is 0. The maximum Gasteiger partial charge on any atom is 3.00 e. The van der Waals surface area contributed by atoms with Crippen molar-refractivity contribution >= 4 is 59.7 Å². The molecular weight excluding hydrogens is 772 g/mol. The third kappa shape index (κ3) is 133. The van der Waals surface area contributed by atoms with Crippen LogP contribution in [0.5, 0.6) is 0 Å². The molecule has 46 heavy (non-hydrogen) atoms. The van der Waals surface area contributed by atoms with Crippen molar-refractivity contribution in [2.45, 2.75) is 64.2 Å². The number of carbonyl (C=O) groups excluding carboxylic acids is 10. The first kappa shape index (κ1) is 74.8. The number of aliphatic carboxylic acids is 10. The van der Waals surface area contributed by atoms with E-state index in [1.54, 1.807) is 0 Å². The normalized spacial score (nSPS) is 7.39. The van der Waals surface area contributed by atoms with E-state index < -0.39 is 124 Å². The number of hydrogen-bond donors (Lipinski definition) is 0. The van der Waals surface area contributed by atoms with Gasteiger partial charge >= 0.3 is 51.7 Å². The van der Waals surface area contributed by atoms with E-state index in [2.05, 4.69) is 0 Å². The summed E-state index contributed by atoms with van der Waals surface area (Å²) in [4.78, 5) is 95.0. The molecule has 0 aromatic carbocycles. The van der Waals surface area contributed by atoms with Crippen LogP contribution in [0.25, 0.3) is 0 Å². The molecule has 0 aromatic rings. The van der Waals surface area contributed by atoms with Gasteiger partial charge in [-0.2, -0.15) is 0 Å². The van der Waals surface area contributed by atoms with E-state index in [0.29, 0.717) is 0 Å². The minimum atomic E-state index is -1.37. The van der Waals surface area contributed by atoms with E-state index in [9.17, 15) is 99.0 Å². The van der Waals surface area contributed by atoms with Crippen molar-refractivity contribution in [2.24, 2.45) is 0 Å². The van der Waals surface area contributed by atoms with Crippen LogP contribution in [0.15, 0.2) is 0 Å². The summed E-state index contributed by atoms with van der Waals surface area (Å²) in [6, 6.07) is 0. The fourth-order valence-corrected chi connectivity index (χ4v) is 1.02. The van der Waals surface area contributed by atoms with Gasteiger partial charge in [0.25, 0.3) is 0 Å². The van der Waals surface area contributed by atoms with E-state index in [4.69, 9.17) is 0 Å². The Labute approximate surface area is 334 Å². The smallest absolute Gasteiger partial charge is 0.550 e. The Morgan fingerprint density at radius 2 is 0.283 bits per heavy atom.